The molecule has 3 aromatic rings. The van der Waals surface area contributed by atoms with Crippen molar-refractivity contribution in [2.45, 2.75) is 65.2 Å². The van der Waals surface area contributed by atoms with Gasteiger partial charge in [0.25, 0.3) is 5.91 Å². The van der Waals surface area contributed by atoms with E-state index in [2.05, 4.69) is 26.1 Å². The van der Waals surface area contributed by atoms with Crippen LogP contribution in [-0.2, 0) is 29.8 Å². The zero-order valence-electron chi connectivity index (χ0n) is 20.1. The Morgan fingerprint density at radius 3 is 2.36 bits per heavy atom. The van der Waals surface area contributed by atoms with Gasteiger partial charge in [0.05, 0.1) is 12.2 Å². The van der Waals surface area contributed by atoms with E-state index < -0.39 is 5.54 Å². The number of aryl methyl sites for hydroxylation is 1. The number of nitrogens with one attached hydrogen (secondary N) is 1. The Bertz CT molecular complexity index is 1160. The Hall–Kier alpha value is -3.41. The third-order valence-corrected chi connectivity index (χ3v) is 6.31. The highest BCUT2D eigenvalue weighted by atomic mass is 16.2. The van der Waals surface area contributed by atoms with Crippen molar-refractivity contribution >= 4 is 11.8 Å². The number of hydrogen-bond donors (Lipinski definition) is 1. The third kappa shape index (κ3) is 4.56. The lowest BCUT2D eigenvalue weighted by Crippen LogP contribution is -2.63. The predicted molar refractivity (Wildman–Crippen MR) is 129 cm³/mol. The van der Waals surface area contributed by atoms with Crippen molar-refractivity contribution < 1.29 is 9.59 Å². The second-order valence-electron chi connectivity index (χ2n) is 10.1. The molecule has 4 rings (SSSR count). The molecule has 33 heavy (non-hydrogen) atoms. The van der Waals surface area contributed by atoms with Crippen LogP contribution in [0.5, 0.6) is 0 Å². The Balaban J connectivity index is 1.69. The van der Waals surface area contributed by atoms with Gasteiger partial charge < -0.3 is 10.2 Å². The predicted octanol–water partition coefficient (Wildman–Crippen LogP) is 4.22. The molecule has 1 aromatic heterocycles. The molecule has 0 spiro atoms. The lowest BCUT2D eigenvalue weighted by molar-refractivity contribution is -0.133. The summed E-state index contributed by atoms with van der Waals surface area (Å²) in [4.78, 5) is 29.0. The summed E-state index contributed by atoms with van der Waals surface area (Å²) in [5, 5.41) is 7.76. The summed E-state index contributed by atoms with van der Waals surface area (Å²) in [6, 6.07) is 19.7. The van der Waals surface area contributed by atoms with Gasteiger partial charge in [-0.1, -0.05) is 80.9 Å². The van der Waals surface area contributed by atoms with E-state index in [-0.39, 0.29) is 17.2 Å². The number of benzene rings is 2. The largest absolute Gasteiger partial charge is 0.350 e. The van der Waals surface area contributed by atoms with Crippen LogP contribution < -0.4 is 5.32 Å². The minimum atomic E-state index is -1.08. The highest BCUT2D eigenvalue weighted by Crippen LogP contribution is 2.32. The molecule has 0 saturated carbocycles. The maximum absolute atomic E-state index is 13.7. The molecule has 6 nitrogen and oxygen atoms in total. The molecular formula is C27H32N4O2. The summed E-state index contributed by atoms with van der Waals surface area (Å²) in [5.74, 6) is -0.368. The van der Waals surface area contributed by atoms with Crippen molar-refractivity contribution in [1.29, 1.82) is 0 Å². The van der Waals surface area contributed by atoms with Gasteiger partial charge >= 0.3 is 0 Å². The van der Waals surface area contributed by atoms with Gasteiger partial charge in [-0.25, -0.2) is 0 Å². The van der Waals surface area contributed by atoms with Crippen LogP contribution in [0.2, 0.25) is 0 Å². The van der Waals surface area contributed by atoms with Crippen molar-refractivity contribution in [2.24, 2.45) is 0 Å². The maximum atomic E-state index is 13.7. The molecule has 1 aliphatic rings. The van der Waals surface area contributed by atoms with Crippen LogP contribution in [0.1, 0.15) is 60.6 Å². The van der Waals surface area contributed by atoms with Crippen molar-refractivity contribution in [3.63, 3.8) is 0 Å². The fourth-order valence-electron chi connectivity index (χ4n) is 4.10. The van der Waals surface area contributed by atoms with Crippen molar-refractivity contribution in [3.8, 4) is 0 Å². The zero-order chi connectivity index (χ0) is 23.8. The summed E-state index contributed by atoms with van der Waals surface area (Å²) in [6.07, 6.45) is 0. The molecule has 2 heterocycles. The monoisotopic (exact) mass is 444 g/mol. The summed E-state index contributed by atoms with van der Waals surface area (Å²) >= 11 is 0. The van der Waals surface area contributed by atoms with Crippen LogP contribution in [0, 0.1) is 6.92 Å². The van der Waals surface area contributed by atoms with E-state index in [0.717, 1.165) is 22.4 Å². The van der Waals surface area contributed by atoms with E-state index >= 15 is 0 Å². The van der Waals surface area contributed by atoms with Gasteiger partial charge in [0.1, 0.15) is 11.2 Å². The fraction of sp³-hybridized carbons (Fsp3) is 0.370. The summed E-state index contributed by atoms with van der Waals surface area (Å²) in [5.41, 5.74) is 3.25. The number of fused-ring (bicyclic) bond motifs is 1. The Morgan fingerprint density at radius 2 is 1.73 bits per heavy atom. The highest BCUT2D eigenvalue weighted by Gasteiger charge is 2.48. The molecule has 2 amide bonds. The molecule has 172 valence electrons. The van der Waals surface area contributed by atoms with Gasteiger partial charge in [0.2, 0.25) is 5.91 Å². The van der Waals surface area contributed by atoms with E-state index in [9.17, 15) is 9.59 Å². The van der Waals surface area contributed by atoms with Crippen LogP contribution in [0.4, 0.5) is 0 Å². The molecule has 6 heteroatoms. The van der Waals surface area contributed by atoms with E-state index in [1.165, 1.54) is 0 Å². The Kier molecular flexibility index (Phi) is 5.87. The number of nitrogens with zero attached hydrogens (tertiary/aromatic N) is 3. The molecule has 0 unspecified atom stereocenters. The highest BCUT2D eigenvalue weighted by molar-refractivity contribution is 5.99. The Labute approximate surface area is 195 Å². The first-order valence-electron chi connectivity index (χ1n) is 11.4. The third-order valence-electron chi connectivity index (χ3n) is 6.31. The van der Waals surface area contributed by atoms with Gasteiger partial charge in [-0.15, -0.1) is 0 Å². The van der Waals surface area contributed by atoms with Gasteiger partial charge in [-0.2, -0.15) is 5.10 Å². The normalized spacial score (nSPS) is 18.2. The lowest BCUT2D eigenvalue weighted by atomic mass is 9.91. The molecule has 1 N–H and O–H groups in total. The van der Waals surface area contributed by atoms with Crippen molar-refractivity contribution in [1.82, 2.24) is 20.0 Å². The van der Waals surface area contributed by atoms with E-state index in [4.69, 9.17) is 5.10 Å². The minimum Gasteiger partial charge on any atom is -0.350 e. The van der Waals surface area contributed by atoms with Crippen LogP contribution in [0.25, 0.3) is 0 Å². The van der Waals surface area contributed by atoms with Gasteiger partial charge in [-0.05, 0) is 31.0 Å². The van der Waals surface area contributed by atoms with E-state index in [1.807, 2.05) is 74.5 Å². The molecular weight excluding hydrogens is 412 g/mol. The summed E-state index contributed by atoms with van der Waals surface area (Å²) in [6.45, 7) is 11.1. The van der Waals surface area contributed by atoms with Gasteiger partial charge in [-0.3, -0.25) is 14.3 Å². The summed E-state index contributed by atoms with van der Waals surface area (Å²) < 4.78 is 1.71. The number of hydrogen-bond acceptors (Lipinski definition) is 3. The van der Waals surface area contributed by atoms with Crippen molar-refractivity contribution in [3.05, 3.63) is 88.7 Å². The summed E-state index contributed by atoms with van der Waals surface area (Å²) in [7, 11) is 0. The first-order chi connectivity index (χ1) is 15.6. The number of aromatic nitrogens is 2. The molecule has 0 bridgehead atoms. The quantitative estimate of drug-likeness (QED) is 0.641. The number of carbonyl (C=O) groups excluding carboxylic acids is 2. The topological polar surface area (TPSA) is 67.2 Å². The smallest absolute Gasteiger partial charge is 0.273 e. The standard InChI is InChI=1S/C27H32N4O2/c1-19-11-13-21(14-12-19)17-30-24(32)22-15-23(26(2,3)4)29-31(22)18-27(30,5)25(33)28-16-20-9-7-6-8-10-20/h6-15H,16-18H2,1-5H3,(H,28,33)/t27-/m1/s1. The molecule has 1 aliphatic heterocycles. The molecule has 0 aliphatic carbocycles. The second kappa shape index (κ2) is 8.50. The maximum Gasteiger partial charge on any atom is 0.273 e. The molecule has 0 saturated heterocycles. The fourth-order valence-corrected chi connectivity index (χ4v) is 4.10. The van der Waals surface area contributed by atoms with E-state index in [1.54, 1.807) is 9.58 Å². The number of amides is 2. The van der Waals surface area contributed by atoms with E-state index in [0.29, 0.717) is 25.3 Å². The molecule has 0 radical (unpaired) electrons. The average Bonchev–Trinajstić information content (AvgIpc) is 3.21. The first-order valence-corrected chi connectivity index (χ1v) is 11.4. The lowest BCUT2D eigenvalue weighted by Gasteiger charge is -2.43. The van der Waals surface area contributed by atoms with Gasteiger partial charge in [0, 0.05) is 18.5 Å². The van der Waals surface area contributed by atoms with Gasteiger partial charge in [0.15, 0.2) is 0 Å². The second-order valence-corrected chi connectivity index (χ2v) is 10.1. The molecule has 0 fully saturated rings. The molecule has 1 atom stereocenters. The minimum absolute atomic E-state index is 0.179. The zero-order valence-corrected chi connectivity index (χ0v) is 20.1. The van der Waals surface area contributed by atoms with Crippen LogP contribution in [0.15, 0.2) is 60.7 Å². The average molecular weight is 445 g/mol. The van der Waals surface area contributed by atoms with Crippen LogP contribution in [0.3, 0.4) is 0 Å². The number of rotatable bonds is 5. The number of carbonyl (C=O) groups is 2. The van der Waals surface area contributed by atoms with Crippen LogP contribution >= 0.6 is 0 Å². The Morgan fingerprint density at radius 1 is 1.06 bits per heavy atom. The van der Waals surface area contributed by atoms with Crippen molar-refractivity contribution in [2.75, 3.05) is 0 Å². The SMILES string of the molecule is Cc1ccc(CN2C(=O)c3cc(C(C)(C)C)nn3C[C@]2(C)C(=O)NCc2ccccc2)cc1. The molecule has 2 aromatic carbocycles. The first kappa shape index (κ1) is 22.8. The van der Waals surface area contributed by atoms with Crippen LogP contribution in [-0.4, -0.2) is 32.0 Å².